The zero-order valence-electron chi connectivity index (χ0n) is 17.9. The third-order valence-electron chi connectivity index (χ3n) is 5.75. The summed E-state index contributed by atoms with van der Waals surface area (Å²) >= 11 is 0.964. The second-order valence-corrected chi connectivity index (χ2v) is 8.63. The van der Waals surface area contributed by atoms with Crippen molar-refractivity contribution in [3.05, 3.63) is 47.8 Å². The Morgan fingerprint density at radius 2 is 1.91 bits per heavy atom. The molecule has 170 valence electrons. The van der Waals surface area contributed by atoms with Crippen molar-refractivity contribution in [3.8, 4) is 0 Å². The maximum absolute atomic E-state index is 13.0. The van der Waals surface area contributed by atoms with Gasteiger partial charge in [0.05, 0.1) is 30.6 Å². The van der Waals surface area contributed by atoms with Crippen molar-refractivity contribution in [2.75, 3.05) is 39.3 Å². The van der Waals surface area contributed by atoms with Crippen molar-refractivity contribution in [1.82, 2.24) is 23.4 Å². The molecular weight excluding hydrogens is 430 g/mol. The van der Waals surface area contributed by atoms with Crippen molar-refractivity contribution < 1.29 is 19.1 Å². The maximum atomic E-state index is 13.0. The first kappa shape index (κ1) is 22.3. The molecule has 2 saturated heterocycles. The highest BCUT2D eigenvalue weighted by Gasteiger charge is 2.32. The third kappa shape index (κ3) is 5.68. The van der Waals surface area contributed by atoms with Crippen molar-refractivity contribution in [2.45, 2.75) is 32.0 Å². The SMILES string of the molecule is O=C1CCCN1CCCN1CC(OCc2ccccc2)CN(C(=O)c2cnsn2)CC1=O. The zero-order valence-corrected chi connectivity index (χ0v) is 18.7. The summed E-state index contributed by atoms with van der Waals surface area (Å²) in [6.07, 6.45) is 3.31. The lowest BCUT2D eigenvalue weighted by molar-refractivity contribution is -0.131. The lowest BCUT2D eigenvalue weighted by atomic mass is 10.2. The van der Waals surface area contributed by atoms with E-state index in [-0.39, 0.29) is 36.1 Å². The number of benzene rings is 1. The maximum Gasteiger partial charge on any atom is 0.275 e. The van der Waals surface area contributed by atoms with Gasteiger partial charge in [-0.3, -0.25) is 14.4 Å². The predicted octanol–water partition coefficient (Wildman–Crippen LogP) is 1.42. The van der Waals surface area contributed by atoms with E-state index in [1.54, 1.807) is 4.90 Å². The molecule has 2 aliphatic heterocycles. The Hall–Kier alpha value is -2.85. The van der Waals surface area contributed by atoms with Gasteiger partial charge >= 0.3 is 0 Å². The molecule has 2 fully saturated rings. The molecule has 0 radical (unpaired) electrons. The van der Waals surface area contributed by atoms with E-state index in [0.717, 1.165) is 30.3 Å². The summed E-state index contributed by atoms with van der Waals surface area (Å²) in [5, 5.41) is 0. The Bertz CT molecular complexity index is 924. The third-order valence-corrected chi connectivity index (χ3v) is 6.23. The molecule has 10 heteroatoms. The van der Waals surface area contributed by atoms with Crippen LogP contribution >= 0.6 is 11.7 Å². The van der Waals surface area contributed by atoms with Gasteiger partial charge < -0.3 is 19.4 Å². The van der Waals surface area contributed by atoms with Crippen molar-refractivity contribution in [2.24, 2.45) is 0 Å². The van der Waals surface area contributed by atoms with E-state index in [4.69, 9.17) is 4.74 Å². The van der Waals surface area contributed by atoms with Gasteiger partial charge in [-0.05, 0) is 18.4 Å². The Kier molecular flexibility index (Phi) is 7.43. The molecule has 0 saturated carbocycles. The number of carbonyl (C=O) groups excluding carboxylic acids is 3. The normalized spacial score (nSPS) is 19.5. The summed E-state index contributed by atoms with van der Waals surface area (Å²) in [6.45, 7) is 3.04. The highest BCUT2D eigenvalue weighted by molar-refractivity contribution is 6.99. The van der Waals surface area contributed by atoms with Crippen LogP contribution in [0, 0.1) is 0 Å². The second kappa shape index (κ2) is 10.6. The number of likely N-dealkylation sites (tertiary alicyclic amines) is 1. The molecule has 3 heterocycles. The molecule has 1 aromatic carbocycles. The highest BCUT2D eigenvalue weighted by Crippen LogP contribution is 2.15. The van der Waals surface area contributed by atoms with Crippen LogP contribution in [0.1, 0.15) is 35.3 Å². The highest BCUT2D eigenvalue weighted by atomic mass is 32.1. The van der Waals surface area contributed by atoms with Gasteiger partial charge in [0, 0.05) is 39.1 Å². The van der Waals surface area contributed by atoms with Crippen LogP contribution in [0.5, 0.6) is 0 Å². The standard InChI is InChI=1S/C22H27N5O4S/c28-20-8-4-9-25(20)10-5-11-26-13-18(31-16-17-6-2-1-3-7-17)14-27(15-21(26)29)22(30)19-12-23-32-24-19/h1-3,6-7,12,18H,4-5,8-11,13-16H2. The average molecular weight is 458 g/mol. The first-order valence-corrected chi connectivity index (χ1v) is 11.6. The minimum atomic E-state index is -0.328. The number of nitrogens with zero attached hydrogens (tertiary/aromatic N) is 5. The van der Waals surface area contributed by atoms with Crippen molar-refractivity contribution in [3.63, 3.8) is 0 Å². The Labute approximate surface area is 191 Å². The molecule has 32 heavy (non-hydrogen) atoms. The van der Waals surface area contributed by atoms with Crippen molar-refractivity contribution in [1.29, 1.82) is 0 Å². The first-order valence-electron chi connectivity index (χ1n) is 10.9. The van der Waals surface area contributed by atoms with Gasteiger partial charge in [-0.15, -0.1) is 0 Å². The van der Waals surface area contributed by atoms with E-state index >= 15 is 0 Å². The van der Waals surface area contributed by atoms with Gasteiger partial charge in [0.25, 0.3) is 5.91 Å². The van der Waals surface area contributed by atoms with Crippen LogP contribution in [0.2, 0.25) is 0 Å². The molecule has 1 atom stereocenters. The molecule has 0 spiro atoms. The van der Waals surface area contributed by atoms with Gasteiger partial charge in [-0.2, -0.15) is 8.75 Å². The Morgan fingerprint density at radius 3 is 2.62 bits per heavy atom. The molecule has 0 N–H and O–H groups in total. The molecule has 1 unspecified atom stereocenters. The molecule has 3 amide bonds. The molecule has 9 nitrogen and oxygen atoms in total. The number of amides is 3. The molecule has 2 aromatic rings. The summed E-state index contributed by atoms with van der Waals surface area (Å²) in [4.78, 5) is 42.8. The predicted molar refractivity (Wildman–Crippen MR) is 118 cm³/mol. The van der Waals surface area contributed by atoms with Gasteiger partial charge in [0.2, 0.25) is 11.8 Å². The number of hydrogen-bond donors (Lipinski definition) is 0. The van der Waals surface area contributed by atoms with E-state index in [1.807, 2.05) is 35.2 Å². The molecular formula is C22H27N5O4S. The van der Waals surface area contributed by atoms with E-state index in [1.165, 1.54) is 11.1 Å². The Morgan fingerprint density at radius 1 is 1.09 bits per heavy atom. The number of carbonyl (C=O) groups is 3. The largest absolute Gasteiger partial charge is 0.370 e. The second-order valence-electron chi connectivity index (χ2n) is 8.07. The smallest absolute Gasteiger partial charge is 0.275 e. The topological polar surface area (TPSA) is 95.9 Å². The number of hydrogen-bond acceptors (Lipinski definition) is 7. The summed E-state index contributed by atoms with van der Waals surface area (Å²) in [5.41, 5.74) is 1.27. The van der Waals surface area contributed by atoms with Crippen LogP contribution in [0.4, 0.5) is 0 Å². The molecule has 0 aliphatic carbocycles. The summed E-state index contributed by atoms with van der Waals surface area (Å²) < 4.78 is 14.1. The van der Waals surface area contributed by atoms with Crippen LogP contribution in [-0.4, -0.2) is 86.5 Å². The molecule has 4 rings (SSSR count). The van der Waals surface area contributed by atoms with Gasteiger partial charge in [-0.1, -0.05) is 30.3 Å². The fourth-order valence-electron chi connectivity index (χ4n) is 4.06. The lowest BCUT2D eigenvalue weighted by Gasteiger charge is -2.25. The fraction of sp³-hybridized carbons (Fsp3) is 0.500. The van der Waals surface area contributed by atoms with Crippen LogP contribution in [0.15, 0.2) is 36.5 Å². The van der Waals surface area contributed by atoms with Crippen LogP contribution in [0.3, 0.4) is 0 Å². The molecule has 0 bridgehead atoms. The Balaban J connectivity index is 1.41. The number of aromatic nitrogens is 2. The van der Waals surface area contributed by atoms with Gasteiger partial charge in [-0.25, -0.2) is 0 Å². The van der Waals surface area contributed by atoms with Crippen LogP contribution < -0.4 is 0 Å². The lowest BCUT2D eigenvalue weighted by Crippen LogP contribution is -2.40. The van der Waals surface area contributed by atoms with Gasteiger partial charge in [0.1, 0.15) is 6.54 Å². The van der Waals surface area contributed by atoms with Crippen LogP contribution in [0.25, 0.3) is 0 Å². The average Bonchev–Trinajstić information content (AvgIpc) is 3.45. The molecule has 1 aromatic heterocycles. The van der Waals surface area contributed by atoms with E-state index < -0.39 is 0 Å². The van der Waals surface area contributed by atoms with Crippen LogP contribution in [-0.2, 0) is 20.9 Å². The summed E-state index contributed by atoms with van der Waals surface area (Å²) in [7, 11) is 0. The molecule has 2 aliphatic rings. The quantitative estimate of drug-likeness (QED) is 0.595. The van der Waals surface area contributed by atoms with E-state index in [9.17, 15) is 14.4 Å². The monoisotopic (exact) mass is 457 g/mol. The minimum absolute atomic E-state index is 0.0236. The summed E-state index contributed by atoms with van der Waals surface area (Å²) in [5.74, 6) is -0.255. The fourth-order valence-corrected chi connectivity index (χ4v) is 4.46. The van der Waals surface area contributed by atoms with E-state index in [2.05, 4.69) is 8.75 Å². The number of ether oxygens (including phenoxy) is 1. The number of rotatable bonds is 8. The first-order chi connectivity index (χ1) is 15.6. The zero-order chi connectivity index (χ0) is 22.3. The van der Waals surface area contributed by atoms with E-state index in [0.29, 0.717) is 45.6 Å². The van der Waals surface area contributed by atoms with Crippen molar-refractivity contribution >= 4 is 29.4 Å². The van der Waals surface area contributed by atoms with Gasteiger partial charge in [0.15, 0.2) is 5.69 Å². The summed E-state index contributed by atoms with van der Waals surface area (Å²) in [6, 6.07) is 9.81. The minimum Gasteiger partial charge on any atom is -0.370 e.